The maximum absolute atomic E-state index is 13.4. The number of hydrogen-bond acceptors (Lipinski definition) is 2. The first kappa shape index (κ1) is 17.4. The highest BCUT2D eigenvalue weighted by atomic mass is 19.1. The zero-order valence-corrected chi connectivity index (χ0v) is 14.6. The molecule has 132 valence electrons. The molecule has 1 heterocycles. The highest BCUT2D eigenvalue weighted by molar-refractivity contribution is 5.88. The van der Waals surface area contributed by atoms with Gasteiger partial charge in [-0.25, -0.2) is 4.39 Å². The van der Waals surface area contributed by atoms with Crippen LogP contribution in [-0.2, 0) is 10.2 Å². The van der Waals surface area contributed by atoms with Gasteiger partial charge >= 0.3 is 0 Å². The van der Waals surface area contributed by atoms with Gasteiger partial charge in [0.25, 0.3) is 0 Å². The number of amides is 1. The predicted molar refractivity (Wildman–Crippen MR) is 92.2 cm³/mol. The lowest BCUT2D eigenvalue weighted by Gasteiger charge is -2.43. The Morgan fingerprint density at radius 3 is 2.21 bits per heavy atom. The number of aliphatic hydroxyl groups is 1. The molecule has 4 heteroatoms. The molecule has 0 spiro atoms. The Morgan fingerprint density at radius 2 is 1.71 bits per heavy atom. The zero-order valence-electron chi connectivity index (χ0n) is 14.6. The highest BCUT2D eigenvalue weighted by Crippen LogP contribution is 2.44. The van der Waals surface area contributed by atoms with E-state index in [1.165, 1.54) is 12.1 Å². The topological polar surface area (TPSA) is 40.5 Å². The van der Waals surface area contributed by atoms with E-state index in [4.69, 9.17) is 0 Å². The number of halogens is 1. The molecule has 2 fully saturated rings. The summed E-state index contributed by atoms with van der Waals surface area (Å²) in [5, 5.41) is 9.69. The Kier molecular flexibility index (Phi) is 4.95. The number of carbonyl (C=O) groups excluding carboxylic acids is 1. The summed E-state index contributed by atoms with van der Waals surface area (Å²) in [6, 6.07) is 6.50. The average Bonchev–Trinajstić information content (AvgIpc) is 3.13. The van der Waals surface area contributed by atoms with Crippen LogP contribution >= 0.6 is 0 Å². The van der Waals surface area contributed by atoms with Crippen molar-refractivity contribution in [2.75, 3.05) is 19.7 Å². The van der Waals surface area contributed by atoms with E-state index in [1.807, 2.05) is 4.90 Å². The highest BCUT2D eigenvalue weighted by Gasteiger charge is 2.46. The quantitative estimate of drug-likeness (QED) is 0.914. The summed E-state index contributed by atoms with van der Waals surface area (Å²) in [6.45, 7) is 3.76. The van der Waals surface area contributed by atoms with E-state index in [-0.39, 0.29) is 23.7 Å². The van der Waals surface area contributed by atoms with Gasteiger partial charge in [-0.3, -0.25) is 4.79 Å². The van der Waals surface area contributed by atoms with E-state index in [0.717, 1.165) is 63.6 Å². The van der Waals surface area contributed by atoms with Crippen molar-refractivity contribution in [2.24, 2.45) is 5.41 Å². The standard InChI is InChI=1S/C20H28FNO2/c1-2-19(15-23)11-13-22(14-12-19)18(24)20(9-3-4-10-20)16-5-7-17(21)8-6-16/h5-8,23H,2-4,9-15H2,1H3. The van der Waals surface area contributed by atoms with Crippen molar-refractivity contribution < 1.29 is 14.3 Å². The zero-order chi connectivity index (χ0) is 17.2. The molecule has 1 saturated heterocycles. The Morgan fingerprint density at radius 1 is 1.12 bits per heavy atom. The molecule has 0 radical (unpaired) electrons. The summed E-state index contributed by atoms with van der Waals surface area (Å²) in [7, 11) is 0. The van der Waals surface area contributed by atoms with Crippen LogP contribution in [0, 0.1) is 11.2 Å². The van der Waals surface area contributed by atoms with Gasteiger partial charge in [-0.1, -0.05) is 31.9 Å². The second-order valence-electron chi connectivity index (χ2n) is 7.60. The number of hydrogen-bond donors (Lipinski definition) is 1. The predicted octanol–water partition coefficient (Wildman–Crippen LogP) is 3.65. The third-order valence-corrected chi connectivity index (χ3v) is 6.46. The van der Waals surface area contributed by atoms with Crippen LogP contribution in [0.3, 0.4) is 0 Å². The van der Waals surface area contributed by atoms with Crippen LogP contribution in [0.2, 0.25) is 0 Å². The molecule has 0 aromatic heterocycles. The van der Waals surface area contributed by atoms with Crippen LogP contribution in [0.1, 0.15) is 57.4 Å². The first-order chi connectivity index (χ1) is 11.6. The lowest BCUT2D eigenvalue weighted by molar-refractivity contribution is -0.140. The SMILES string of the molecule is CCC1(CO)CCN(C(=O)C2(c3ccc(F)cc3)CCCC2)CC1. The van der Waals surface area contributed by atoms with Crippen molar-refractivity contribution in [3.8, 4) is 0 Å². The second kappa shape index (κ2) is 6.83. The molecule has 0 bridgehead atoms. The van der Waals surface area contributed by atoms with Crippen LogP contribution in [0.4, 0.5) is 4.39 Å². The largest absolute Gasteiger partial charge is 0.396 e. The lowest BCUT2D eigenvalue weighted by atomic mass is 9.74. The van der Waals surface area contributed by atoms with Gasteiger partial charge in [0.05, 0.1) is 5.41 Å². The Labute approximate surface area is 143 Å². The molecule has 1 amide bonds. The van der Waals surface area contributed by atoms with Crippen LogP contribution in [0.25, 0.3) is 0 Å². The van der Waals surface area contributed by atoms with Crippen molar-refractivity contribution in [3.05, 3.63) is 35.6 Å². The van der Waals surface area contributed by atoms with Crippen molar-refractivity contribution in [2.45, 2.75) is 57.3 Å². The molecule has 2 aliphatic rings. The molecule has 1 saturated carbocycles. The Balaban J connectivity index is 1.80. The van der Waals surface area contributed by atoms with Crippen LogP contribution in [0.15, 0.2) is 24.3 Å². The summed E-state index contributed by atoms with van der Waals surface area (Å²) in [4.78, 5) is 15.3. The van der Waals surface area contributed by atoms with Gasteiger partial charge in [0.2, 0.25) is 5.91 Å². The molecular weight excluding hydrogens is 305 g/mol. The number of piperidine rings is 1. The fourth-order valence-electron chi connectivity index (χ4n) is 4.48. The van der Waals surface area contributed by atoms with Crippen molar-refractivity contribution >= 4 is 5.91 Å². The molecule has 1 N–H and O–H groups in total. The van der Waals surface area contributed by atoms with E-state index >= 15 is 0 Å². The van der Waals surface area contributed by atoms with Gasteiger partial charge in [0.15, 0.2) is 0 Å². The number of carbonyl (C=O) groups is 1. The first-order valence-corrected chi connectivity index (χ1v) is 9.22. The van der Waals surface area contributed by atoms with E-state index in [0.29, 0.717) is 0 Å². The monoisotopic (exact) mass is 333 g/mol. The summed E-state index contributed by atoms with van der Waals surface area (Å²) in [5.41, 5.74) is 0.468. The minimum atomic E-state index is -0.473. The molecule has 3 rings (SSSR count). The number of nitrogens with zero attached hydrogens (tertiary/aromatic N) is 1. The fraction of sp³-hybridized carbons (Fsp3) is 0.650. The third-order valence-electron chi connectivity index (χ3n) is 6.46. The molecule has 3 nitrogen and oxygen atoms in total. The number of likely N-dealkylation sites (tertiary alicyclic amines) is 1. The van der Waals surface area contributed by atoms with Gasteiger partial charge in [-0.05, 0) is 55.2 Å². The molecule has 1 aliphatic carbocycles. The smallest absolute Gasteiger partial charge is 0.233 e. The van der Waals surface area contributed by atoms with Gasteiger partial charge in [-0.2, -0.15) is 0 Å². The maximum Gasteiger partial charge on any atom is 0.233 e. The minimum Gasteiger partial charge on any atom is -0.396 e. The Hall–Kier alpha value is -1.42. The minimum absolute atomic E-state index is 0.0184. The van der Waals surface area contributed by atoms with Gasteiger partial charge in [-0.15, -0.1) is 0 Å². The number of rotatable bonds is 4. The van der Waals surface area contributed by atoms with E-state index in [2.05, 4.69) is 6.92 Å². The van der Waals surface area contributed by atoms with Crippen molar-refractivity contribution in [1.29, 1.82) is 0 Å². The molecule has 24 heavy (non-hydrogen) atoms. The van der Waals surface area contributed by atoms with Crippen LogP contribution in [0.5, 0.6) is 0 Å². The van der Waals surface area contributed by atoms with Gasteiger partial charge in [0, 0.05) is 19.7 Å². The maximum atomic E-state index is 13.4. The van der Waals surface area contributed by atoms with Crippen molar-refractivity contribution in [3.63, 3.8) is 0 Å². The van der Waals surface area contributed by atoms with Crippen LogP contribution in [-0.4, -0.2) is 35.6 Å². The normalized spacial score (nSPS) is 22.5. The molecule has 1 aliphatic heterocycles. The first-order valence-electron chi connectivity index (χ1n) is 9.22. The summed E-state index contributed by atoms with van der Waals surface area (Å²) in [6.07, 6.45) is 6.49. The number of aliphatic hydroxyl groups excluding tert-OH is 1. The lowest BCUT2D eigenvalue weighted by Crippen LogP contribution is -2.51. The van der Waals surface area contributed by atoms with E-state index in [1.54, 1.807) is 12.1 Å². The van der Waals surface area contributed by atoms with E-state index < -0.39 is 5.41 Å². The molecule has 1 aromatic rings. The molecule has 1 aromatic carbocycles. The number of benzene rings is 1. The average molecular weight is 333 g/mol. The molecular formula is C20H28FNO2. The summed E-state index contributed by atoms with van der Waals surface area (Å²) >= 11 is 0. The molecule has 0 atom stereocenters. The summed E-state index contributed by atoms with van der Waals surface area (Å²) < 4.78 is 13.3. The van der Waals surface area contributed by atoms with Crippen molar-refractivity contribution in [1.82, 2.24) is 4.90 Å². The Bertz CT molecular complexity index is 564. The van der Waals surface area contributed by atoms with E-state index in [9.17, 15) is 14.3 Å². The third kappa shape index (κ3) is 2.97. The van der Waals surface area contributed by atoms with Crippen LogP contribution < -0.4 is 0 Å². The molecule has 0 unspecified atom stereocenters. The summed E-state index contributed by atoms with van der Waals surface area (Å²) in [5.74, 6) is -0.0535. The second-order valence-corrected chi connectivity index (χ2v) is 7.60. The van der Waals surface area contributed by atoms with Gasteiger partial charge in [0.1, 0.15) is 5.82 Å². The van der Waals surface area contributed by atoms with Gasteiger partial charge < -0.3 is 10.0 Å². The fourth-order valence-corrected chi connectivity index (χ4v) is 4.48.